The van der Waals surface area contributed by atoms with Crippen LogP contribution in [0, 0.1) is 11.2 Å². The summed E-state index contributed by atoms with van der Waals surface area (Å²) >= 11 is 3.25. The average molecular weight is 287 g/mol. The van der Waals surface area contributed by atoms with E-state index in [9.17, 15) is 4.39 Å². The van der Waals surface area contributed by atoms with Crippen LogP contribution in [-0.4, -0.2) is 6.04 Å². The first kappa shape index (κ1) is 12.0. The number of hydrogen-bond acceptors (Lipinski definition) is 2. The molecular weight excluding hydrogens is 271 g/mol. The van der Waals surface area contributed by atoms with Gasteiger partial charge in [0.05, 0.1) is 0 Å². The molecule has 1 fully saturated rings. The third-order valence-electron chi connectivity index (χ3n) is 3.52. The summed E-state index contributed by atoms with van der Waals surface area (Å²) < 4.78 is 14.4. The fourth-order valence-electron chi connectivity index (χ4n) is 1.96. The van der Waals surface area contributed by atoms with Crippen LogP contribution in [0.4, 0.5) is 4.39 Å². The molecule has 1 unspecified atom stereocenters. The molecule has 1 aliphatic rings. The lowest BCUT2D eigenvalue weighted by atomic mass is 9.93. The van der Waals surface area contributed by atoms with Crippen LogP contribution in [0.25, 0.3) is 0 Å². The molecule has 16 heavy (non-hydrogen) atoms. The van der Waals surface area contributed by atoms with Crippen molar-refractivity contribution in [3.8, 4) is 0 Å². The molecule has 1 aliphatic carbocycles. The Labute approximate surface area is 104 Å². The first-order chi connectivity index (χ1) is 7.55. The number of halogens is 2. The highest BCUT2D eigenvalue weighted by atomic mass is 79.9. The molecule has 1 saturated carbocycles. The average Bonchev–Trinajstić information content (AvgIpc) is 2.96. The van der Waals surface area contributed by atoms with Crippen molar-refractivity contribution in [3.63, 3.8) is 0 Å². The molecular formula is C12H16BrFN2. The van der Waals surface area contributed by atoms with E-state index >= 15 is 0 Å². The Hall–Kier alpha value is -0.450. The maximum Gasteiger partial charge on any atom is 0.127 e. The summed E-state index contributed by atoms with van der Waals surface area (Å²) in [7, 11) is 0. The van der Waals surface area contributed by atoms with Gasteiger partial charge in [0.15, 0.2) is 0 Å². The van der Waals surface area contributed by atoms with Gasteiger partial charge in [-0.25, -0.2) is 4.39 Å². The second kappa shape index (κ2) is 4.43. The van der Waals surface area contributed by atoms with Crippen LogP contribution in [0.5, 0.6) is 0 Å². The molecule has 88 valence electrons. The van der Waals surface area contributed by atoms with Gasteiger partial charge in [0.25, 0.3) is 0 Å². The number of nitrogens with two attached hydrogens (primary N) is 1. The van der Waals surface area contributed by atoms with Crippen molar-refractivity contribution in [2.75, 3.05) is 0 Å². The van der Waals surface area contributed by atoms with Crippen molar-refractivity contribution in [2.24, 2.45) is 11.3 Å². The van der Waals surface area contributed by atoms with Crippen molar-refractivity contribution in [1.29, 1.82) is 0 Å². The predicted molar refractivity (Wildman–Crippen MR) is 66.3 cm³/mol. The summed E-state index contributed by atoms with van der Waals surface area (Å²) in [6, 6.07) is 5.33. The summed E-state index contributed by atoms with van der Waals surface area (Å²) in [5, 5.41) is 0. The van der Waals surface area contributed by atoms with E-state index in [1.54, 1.807) is 0 Å². The fourth-order valence-corrected chi connectivity index (χ4v) is 2.29. The van der Waals surface area contributed by atoms with Gasteiger partial charge in [0.2, 0.25) is 0 Å². The molecule has 0 aliphatic heterocycles. The van der Waals surface area contributed by atoms with Crippen LogP contribution in [-0.2, 0) is 6.42 Å². The van der Waals surface area contributed by atoms with Gasteiger partial charge >= 0.3 is 0 Å². The molecule has 1 aromatic carbocycles. The van der Waals surface area contributed by atoms with E-state index in [1.807, 2.05) is 12.1 Å². The molecule has 1 aromatic rings. The zero-order valence-electron chi connectivity index (χ0n) is 9.26. The van der Waals surface area contributed by atoms with Gasteiger partial charge in [0, 0.05) is 10.5 Å². The van der Waals surface area contributed by atoms with E-state index in [0.717, 1.165) is 10.0 Å². The molecule has 4 heteroatoms. The second-order valence-corrected chi connectivity index (χ2v) is 5.73. The normalized spacial score (nSPS) is 19.5. The van der Waals surface area contributed by atoms with Crippen molar-refractivity contribution in [3.05, 3.63) is 34.1 Å². The van der Waals surface area contributed by atoms with E-state index in [4.69, 9.17) is 5.84 Å². The van der Waals surface area contributed by atoms with Gasteiger partial charge in [-0.2, -0.15) is 0 Å². The number of rotatable bonds is 4. The van der Waals surface area contributed by atoms with Crippen LogP contribution in [0.2, 0.25) is 0 Å². The van der Waals surface area contributed by atoms with Crippen molar-refractivity contribution in [2.45, 2.75) is 32.2 Å². The molecule has 0 spiro atoms. The Kier molecular flexibility index (Phi) is 3.33. The van der Waals surface area contributed by atoms with Crippen molar-refractivity contribution in [1.82, 2.24) is 5.43 Å². The summed E-state index contributed by atoms with van der Waals surface area (Å²) in [5.74, 6) is 5.38. The minimum absolute atomic E-state index is 0.156. The Morgan fingerprint density at radius 3 is 2.75 bits per heavy atom. The van der Waals surface area contributed by atoms with E-state index in [2.05, 4.69) is 28.3 Å². The molecule has 1 atom stereocenters. The van der Waals surface area contributed by atoms with Gasteiger partial charge in [-0.3, -0.25) is 11.3 Å². The van der Waals surface area contributed by atoms with E-state index in [-0.39, 0.29) is 17.3 Å². The van der Waals surface area contributed by atoms with E-state index < -0.39 is 0 Å². The number of hydrogen-bond donors (Lipinski definition) is 2. The van der Waals surface area contributed by atoms with Gasteiger partial charge in [-0.05, 0) is 42.4 Å². The lowest BCUT2D eigenvalue weighted by Crippen LogP contribution is -2.42. The zero-order chi connectivity index (χ0) is 11.8. The Morgan fingerprint density at radius 2 is 2.25 bits per heavy atom. The summed E-state index contributed by atoms with van der Waals surface area (Å²) in [6.45, 7) is 2.19. The lowest BCUT2D eigenvalue weighted by molar-refractivity contribution is 0.355. The molecule has 0 aromatic heterocycles. The largest absolute Gasteiger partial charge is 0.271 e. The number of hydrazine groups is 1. The smallest absolute Gasteiger partial charge is 0.127 e. The highest BCUT2D eigenvalue weighted by Crippen LogP contribution is 2.48. The summed E-state index contributed by atoms with van der Waals surface area (Å²) in [4.78, 5) is 0. The number of benzene rings is 1. The highest BCUT2D eigenvalue weighted by Gasteiger charge is 2.44. The minimum Gasteiger partial charge on any atom is -0.271 e. The van der Waals surface area contributed by atoms with E-state index in [0.29, 0.717) is 6.42 Å². The van der Waals surface area contributed by atoms with Gasteiger partial charge in [-0.15, -0.1) is 0 Å². The van der Waals surface area contributed by atoms with Crippen molar-refractivity contribution < 1.29 is 4.39 Å². The molecule has 0 radical (unpaired) electrons. The second-order valence-electron chi connectivity index (χ2n) is 4.81. The summed E-state index contributed by atoms with van der Waals surface area (Å²) in [5.41, 5.74) is 3.78. The molecule has 0 saturated heterocycles. The van der Waals surface area contributed by atoms with E-state index in [1.165, 1.54) is 18.9 Å². The van der Waals surface area contributed by atoms with Crippen LogP contribution >= 0.6 is 15.9 Å². The molecule has 2 rings (SSSR count). The first-order valence-corrected chi connectivity index (χ1v) is 6.24. The first-order valence-electron chi connectivity index (χ1n) is 5.45. The molecule has 0 bridgehead atoms. The summed E-state index contributed by atoms with van der Waals surface area (Å²) in [6.07, 6.45) is 2.98. The van der Waals surface area contributed by atoms with Gasteiger partial charge in [-0.1, -0.05) is 28.9 Å². The van der Waals surface area contributed by atoms with Crippen LogP contribution < -0.4 is 11.3 Å². The lowest BCUT2D eigenvalue weighted by Gasteiger charge is -2.22. The topological polar surface area (TPSA) is 38.0 Å². The maximum atomic E-state index is 13.7. The monoisotopic (exact) mass is 286 g/mol. The van der Waals surface area contributed by atoms with Crippen LogP contribution in [0.3, 0.4) is 0 Å². The molecule has 0 amide bonds. The quantitative estimate of drug-likeness (QED) is 0.660. The minimum atomic E-state index is -0.168. The van der Waals surface area contributed by atoms with Crippen LogP contribution in [0.1, 0.15) is 25.3 Å². The SMILES string of the molecule is CC1(C(Cc2ccc(Br)cc2F)NN)CC1. The standard InChI is InChI=1S/C12H16BrFN2/c1-12(4-5-12)11(16-15)6-8-2-3-9(13)7-10(8)14/h2-3,7,11,16H,4-6,15H2,1H3. The third kappa shape index (κ3) is 2.44. The molecule has 2 nitrogen and oxygen atoms in total. The van der Waals surface area contributed by atoms with Crippen molar-refractivity contribution >= 4 is 15.9 Å². The predicted octanol–water partition coefficient (Wildman–Crippen LogP) is 2.76. The number of nitrogens with one attached hydrogen (secondary N) is 1. The third-order valence-corrected chi connectivity index (χ3v) is 4.01. The highest BCUT2D eigenvalue weighted by molar-refractivity contribution is 9.10. The van der Waals surface area contributed by atoms with Gasteiger partial charge in [0.1, 0.15) is 5.82 Å². The van der Waals surface area contributed by atoms with Gasteiger partial charge < -0.3 is 0 Å². The Bertz CT molecular complexity index is 391. The fraction of sp³-hybridized carbons (Fsp3) is 0.500. The zero-order valence-corrected chi connectivity index (χ0v) is 10.8. The maximum absolute atomic E-state index is 13.7. The molecule has 3 N–H and O–H groups in total. The molecule has 0 heterocycles. The Morgan fingerprint density at radius 1 is 1.56 bits per heavy atom. The van der Waals surface area contributed by atoms with Crippen LogP contribution in [0.15, 0.2) is 22.7 Å². The Balaban J connectivity index is 2.13.